The Kier molecular flexibility index (Phi) is 9.93. The molecule has 21 heteroatoms. The second kappa shape index (κ2) is 10.0. The van der Waals surface area contributed by atoms with Crippen LogP contribution in [0.25, 0.3) is 0 Å². The van der Waals surface area contributed by atoms with Crippen LogP contribution >= 0.6 is 0 Å². The summed E-state index contributed by atoms with van der Waals surface area (Å²) in [5.74, 6) is -54.3. The lowest BCUT2D eigenvalue weighted by atomic mass is 9.91. The summed E-state index contributed by atoms with van der Waals surface area (Å²) in [7, 11) is 0. The molecule has 5 nitrogen and oxygen atoms in total. The summed E-state index contributed by atoms with van der Waals surface area (Å²) in [5, 5.41) is 13.5. The van der Waals surface area contributed by atoms with E-state index in [1.165, 1.54) is 0 Å². The van der Waals surface area contributed by atoms with E-state index in [0.717, 1.165) is 6.08 Å². The predicted molar refractivity (Wildman–Crippen MR) is 73.5 cm³/mol. The van der Waals surface area contributed by atoms with E-state index >= 15 is 0 Å². The summed E-state index contributed by atoms with van der Waals surface area (Å²) in [5.41, 5.74) is 0. The van der Waals surface area contributed by atoms with Gasteiger partial charge in [0.1, 0.15) is 0 Å². The zero-order valence-electron chi connectivity index (χ0n) is 15.4. The first-order chi connectivity index (χ1) is 14.7. The molecule has 0 aliphatic heterocycles. The Morgan fingerprint density at radius 2 is 1.00 bits per heavy atom. The Morgan fingerprint density at radius 3 is 1.26 bits per heavy atom. The van der Waals surface area contributed by atoms with Crippen molar-refractivity contribution in [3.8, 4) is 0 Å². The molecule has 0 bridgehead atoms. The quantitative estimate of drug-likeness (QED) is 0.256. The number of amides is 1. The third-order valence-corrected chi connectivity index (χ3v) is 3.29. The van der Waals surface area contributed by atoms with Gasteiger partial charge in [-0.15, -0.1) is 0 Å². The van der Waals surface area contributed by atoms with Crippen molar-refractivity contribution >= 4 is 11.9 Å². The molecule has 0 heterocycles. The summed E-state index contributed by atoms with van der Waals surface area (Å²) in [6.07, 6.45) is -6.92. The lowest BCUT2D eigenvalue weighted by Gasteiger charge is -2.41. The van der Waals surface area contributed by atoms with Crippen LogP contribution in [0.1, 0.15) is 0 Å². The van der Waals surface area contributed by atoms with E-state index in [0.29, 0.717) is 0 Å². The number of carboxylic acid groups (broad SMARTS) is 1. The van der Waals surface area contributed by atoms with E-state index in [4.69, 9.17) is 10.2 Å². The van der Waals surface area contributed by atoms with Gasteiger partial charge in [0.2, 0.25) is 0 Å². The highest BCUT2D eigenvalue weighted by Gasteiger charge is 2.94. The lowest BCUT2D eigenvalue weighted by Crippen LogP contribution is -2.73. The van der Waals surface area contributed by atoms with E-state index in [1.807, 2.05) is 0 Å². The number of aliphatic carboxylic acids is 1. The minimum absolute atomic E-state index is 0.833. The first kappa shape index (κ1) is 33.7. The van der Waals surface area contributed by atoms with Gasteiger partial charge in [-0.25, -0.2) is 4.79 Å². The second-order valence-electron chi connectivity index (χ2n) is 5.60. The lowest BCUT2D eigenvalue weighted by molar-refractivity contribution is -0.450. The van der Waals surface area contributed by atoms with Crippen LogP contribution in [0.5, 0.6) is 0 Å². The number of carbonyl (C=O) groups excluding carboxylic acids is 1. The molecular weight excluding hydrogens is 538 g/mol. The first-order valence-electron chi connectivity index (χ1n) is 7.44. The molecule has 0 fully saturated rings. The van der Waals surface area contributed by atoms with Crippen LogP contribution < -0.4 is 0 Å². The Bertz CT molecular complexity index is 748. The molecule has 0 aromatic carbocycles. The predicted octanol–water partition coefficient (Wildman–Crippen LogP) is 4.32. The van der Waals surface area contributed by atoms with Crippen molar-refractivity contribution in [2.24, 2.45) is 0 Å². The summed E-state index contributed by atoms with van der Waals surface area (Å²) in [4.78, 5) is 19.9. The van der Waals surface area contributed by atoms with E-state index in [9.17, 15) is 79.9 Å². The molecule has 2 N–H and O–H groups in total. The zero-order valence-corrected chi connectivity index (χ0v) is 15.4. The third kappa shape index (κ3) is 5.43. The van der Waals surface area contributed by atoms with Crippen molar-refractivity contribution in [1.82, 2.24) is 5.12 Å². The Morgan fingerprint density at radius 1 is 0.706 bits per heavy atom. The van der Waals surface area contributed by atoms with Crippen LogP contribution in [-0.4, -0.2) is 82.1 Å². The van der Waals surface area contributed by atoms with Gasteiger partial charge >= 0.3 is 53.6 Å². The number of rotatable bonds is 9. The summed E-state index contributed by atoms with van der Waals surface area (Å²) < 4.78 is 204. The topological polar surface area (TPSA) is 77.8 Å². The number of halogens is 16. The van der Waals surface area contributed by atoms with Crippen LogP contribution in [-0.2, 0) is 9.59 Å². The van der Waals surface area contributed by atoms with E-state index in [-0.39, 0.29) is 0 Å². The molecule has 0 aliphatic carbocycles. The molecule has 0 aromatic rings. The van der Waals surface area contributed by atoms with Crippen LogP contribution in [0.15, 0.2) is 12.7 Å². The van der Waals surface area contributed by atoms with E-state index in [1.54, 1.807) is 0 Å². The second-order valence-corrected chi connectivity index (χ2v) is 5.60. The number of hydrogen-bond acceptors (Lipinski definition) is 3. The van der Waals surface area contributed by atoms with Gasteiger partial charge in [-0.05, 0) is 0 Å². The van der Waals surface area contributed by atoms with Crippen molar-refractivity contribution < 1.29 is 90.1 Å². The summed E-state index contributed by atoms with van der Waals surface area (Å²) in [6.45, 7) is -0.649. The molecule has 0 radical (unpaired) electrons. The van der Waals surface area contributed by atoms with Crippen molar-refractivity contribution in [3.05, 3.63) is 12.7 Å². The highest BCUT2D eigenvalue weighted by Crippen LogP contribution is 2.62. The summed E-state index contributed by atoms with van der Waals surface area (Å²) >= 11 is 0. The fraction of sp³-hybridized carbons (Fsp3) is 0.692. The first-order valence-corrected chi connectivity index (χ1v) is 7.44. The number of carboxylic acids is 1. The maximum atomic E-state index is 13.2. The number of hydrogen-bond donors (Lipinski definition) is 2. The van der Waals surface area contributed by atoms with Crippen molar-refractivity contribution in [2.45, 2.75) is 41.7 Å². The fourth-order valence-electron chi connectivity index (χ4n) is 1.44. The molecule has 0 unspecified atom stereocenters. The normalized spacial score (nSPS) is 14.1. The SMILES string of the molecule is C=CC(=O)O.O=C(N(F)CCO)C(F)(F)C(F)(F)C(F)(F)C(F)(F)C(F)(F)C(F)(F)C(F)(F)F. The van der Waals surface area contributed by atoms with Gasteiger partial charge in [-0.3, -0.25) is 4.79 Å². The molecule has 202 valence electrons. The number of aliphatic hydroxyl groups excluding tert-OH is 1. The minimum atomic E-state index is -8.57. The molecule has 0 aliphatic rings. The smallest absolute Gasteiger partial charge is 0.460 e. The average Bonchev–Trinajstić information content (AvgIpc) is 2.66. The van der Waals surface area contributed by atoms with Gasteiger partial charge in [-0.1, -0.05) is 11.1 Å². The molecule has 0 rings (SSSR count). The number of alkyl halides is 15. The molecule has 0 spiro atoms. The number of carbonyl (C=O) groups is 2. The van der Waals surface area contributed by atoms with Gasteiger partial charge in [0, 0.05) is 6.08 Å². The maximum Gasteiger partial charge on any atom is 0.460 e. The highest BCUT2D eigenvalue weighted by atomic mass is 19.4. The largest absolute Gasteiger partial charge is 0.478 e. The van der Waals surface area contributed by atoms with Crippen molar-refractivity contribution in [1.29, 1.82) is 0 Å². The molecule has 0 atom stereocenters. The van der Waals surface area contributed by atoms with Crippen LogP contribution in [0, 0.1) is 0 Å². The Labute approximate surface area is 176 Å². The Hall–Kier alpha value is -2.48. The highest BCUT2D eigenvalue weighted by molar-refractivity contribution is 5.84. The van der Waals surface area contributed by atoms with Crippen LogP contribution in [0.3, 0.4) is 0 Å². The molecule has 1 amide bonds. The van der Waals surface area contributed by atoms with Gasteiger partial charge in [0.05, 0.1) is 13.2 Å². The van der Waals surface area contributed by atoms with E-state index < -0.39 is 71.9 Å². The molecular formula is C13H9F16NO4. The van der Waals surface area contributed by atoms with Gasteiger partial charge in [0.25, 0.3) is 0 Å². The molecule has 0 saturated carbocycles. The maximum absolute atomic E-state index is 13.2. The van der Waals surface area contributed by atoms with Gasteiger partial charge < -0.3 is 10.2 Å². The third-order valence-electron chi connectivity index (χ3n) is 3.29. The van der Waals surface area contributed by atoms with Gasteiger partial charge in [-0.2, -0.15) is 71.0 Å². The number of aliphatic hydroxyl groups is 1. The van der Waals surface area contributed by atoms with Crippen molar-refractivity contribution in [3.63, 3.8) is 0 Å². The summed E-state index contributed by atoms with van der Waals surface area (Å²) in [6, 6.07) is 0. The Balaban J connectivity index is 0. The molecule has 34 heavy (non-hydrogen) atoms. The van der Waals surface area contributed by atoms with Crippen LogP contribution in [0.4, 0.5) is 70.3 Å². The van der Waals surface area contributed by atoms with Gasteiger partial charge in [0.15, 0.2) is 0 Å². The zero-order chi connectivity index (χ0) is 28.4. The standard InChI is InChI=1S/C10H5F16NO2.C3H4O2/c11-4(12,3(29)27(26)1-2-28)5(13,14)6(15,16)7(17,18)8(19,20)9(21,22)10(23,24)25;1-2-3(4)5/h28H,1-2H2;2H,1H2,(H,4,5). The molecule has 0 saturated heterocycles. The average molecular weight is 547 g/mol. The minimum Gasteiger partial charge on any atom is -0.478 e. The molecule has 0 aromatic heterocycles. The monoisotopic (exact) mass is 547 g/mol. The fourth-order valence-corrected chi connectivity index (χ4v) is 1.44. The van der Waals surface area contributed by atoms with Crippen LogP contribution in [0.2, 0.25) is 0 Å². The number of nitrogens with zero attached hydrogens (tertiary/aromatic N) is 1. The van der Waals surface area contributed by atoms with Crippen molar-refractivity contribution in [2.75, 3.05) is 13.2 Å². The van der Waals surface area contributed by atoms with E-state index in [2.05, 4.69) is 6.58 Å².